The van der Waals surface area contributed by atoms with Gasteiger partial charge in [0.1, 0.15) is 18.1 Å². The van der Waals surface area contributed by atoms with Crippen molar-refractivity contribution in [3.63, 3.8) is 0 Å². The van der Waals surface area contributed by atoms with Gasteiger partial charge in [0.15, 0.2) is 0 Å². The number of nitrogens with zero attached hydrogens (tertiary/aromatic N) is 6. The van der Waals surface area contributed by atoms with E-state index in [1.54, 1.807) is 43.3 Å². The van der Waals surface area contributed by atoms with Gasteiger partial charge in [-0.05, 0) is 59.3 Å². The van der Waals surface area contributed by atoms with Crippen LogP contribution < -0.4 is 10.4 Å². The number of aromatic nitrogens is 6. The van der Waals surface area contributed by atoms with E-state index in [0.717, 1.165) is 20.1 Å². The first-order valence-electron chi connectivity index (χ1n) is 9.68. The minimum Gasteiger partial charge on any atom is -0.488 e. The number of hydrogen-bond acceptors (Lipinski definition) is 5. The lowest BCUT2D eigenvalue weighted by Crippen LogP contribution is -2.23. The molecule has 4 rings (SSSR count). The monoisotopic (exact) mass is 478 g/mol. The minimum atomic E-state index is -4.49. The van der Waals surface area contributed by atoms with Crippen LogP contribution in [0.1, 0.15) is 16.8 Å². The van der Waals surface area contributed by atoms with Crippen molar-refractivity contribution in [2.24, 2.45) is 14.1 Å². The van der Waals surface area contributed by atoms with Gasteiger partial charge in [-0.25, -0.2) is 4.79 Å². The van der Waals surface area contributed by atoms with E-state index < -0.39 is 17.6 Å². The summed E-state index contributed by atoms with van der Waals surface area (Å²) in [6.07, 6.45) is -4.49. The van der Waals surface area contributed by atoms with E-state index >= 15 is 0 Å². The van der Waals surface area contributed by atoms with E-state index in [0.29, 0.717) is 33.1 Å². The smallest absolute Gasteiger partial charge is 0.433 e. The van der Waals surface area contributed by atoms with Gasteiger partial charge in [0.2, 0.25) is 0 Å². The SMILES string of the molecule is Cc1cc(-c2cc(C(F)(F)F)n(C)n2)ccc1OCc1c(Cl)cccc1-n1nnn(C)c1=O. The van der Waals surface area contributed by atoms with Crippen LogP contribution in [0.2, 0.25) is 5.02 Å². The second-order valence-corrected chi connectivity index (χ2v) is 7.75. The molecule has 0 aliphatic carbocycles. The molecule has 2 aromatic heterocycles. The quantitative estimate of drug-likeness (QED) is 0.434. The summed E-state index contributed by atoms with van der Waals surface area (Å²) in [5.41, 5.74) is 1.11. The van der Waals surface area contributed by atoms with Crippen LogP contribution in [0.3, 0.4) is 0 Å². The maximum Gasteiger partial charge on any atom is 0.433 e. The zero-order valence-electron chi connectivity index (χ0n) is 17.8. The highest BCUT2D eigenvalue weighted by molar-refractivity contribution is 6.31. The molecule has 2 heterocycles. The van der Waals surface area contributed by atoms with Crippen LogP contribution in [0.15, 0.2) is 47.3 Å². The Balaban J connectivity index is 1.60. The average Bonchev–Trinajstić information content (AvgIpc) is 3.30. The van der Waals surface area contributed by atoms with Gasteiger partial charge in [0, 0.05) is 30.2 Å². The third kappa shape index (κ3) is 4.36. The summed E-state index contributed by atoms with van der Waals surface area (Å²) in [5.74, 6) is 0.503. The predicted molar refractivity (Wildman–Crippen MR) is 114 cm³/mol. The van der Waals surface area contributed by atoms with Crippen molar-refractivity contribution in [2.75, 3.05) is 0 Å². The highest BCUT2D eigenvalue weighted by Gasteiger charge is 2.35. The van der Waals surface area contributed by atoms with Crippen molar-refractivity contribution in [1.29, 1.82) is 0 Å². The van der Waals surface area contributed by atoms with E-state index in [4.69, 9.17) is 16.3 Å². The van der Waals surface area contributed by atoms with Crippen LogP contribution in [0.25, 0.3) is 16.9 Å². The molecule has 172 valence electrons. The van der Waals surface area contributed by atoms with Crippen molar-refractivity contribution in [2.45, 2.75) is 19.7 Å². The second kappa shape index (κ2) is 8.39. The molecule has 0 aliphatic heterocycles. The van der Waals surface area contributed by atoms with Crippen molar-refractivity contribution in [3.8, 4) is 22.7 Å². The normalized spacial score (nSPS) is 11.7. The van der Waals surface area contributed by atoms with Gasteiger partial charge in [-0.1, -0.05) is 17.7 Å². The number of benzene rings is 2. The number of halogens is 4. The molecular weight excluding hydrogens is 461 g/mol. The molecule has 2 aromatic carbocycles. The number of hydrogen-bond donors (Lipinski definition) is 0. The maximum atomic E-state index is 13.1. The van der Waals surface area contributed by atoms with Crippen molar-refractivity contribution in [1.82, 2.24) is 29.6 Å². The Morgan fingerprint density at radius 1 is 1.06 bits per heavy atom. The fourth-order valence-corrected chi connectivity index (χ4v) is 3.57. The Labute approximate surface area is 190 Å². The first-order chi connectivity index (χ1) is 15.6. The second-order valence-electron chi connectivity index (χ2n) is 7.34. The summed E-state index contributed by atoms with van der Waals surface area (Å²) in [6, 6.07) is 11.0. The third-order valence-electron chi connectivity index (χ3n) is 5.06. The number of ether oxygens (including phenoxy) is 1. The molecule has 0 saturated heterocycles. The number of aryl methyl sites for hydroxylation is 3. The molecule has 0 aliphatic rings. The van der Waals surface area contributed by atoms with E-state index in [9.17, 15) is 18.0 Å². The summed E-state index contributed by atoms with van der Waals surface area (Å²) in [6.45, 7) is 1.80. The molecule has 0 saturated carbocycles. The van der Waals surface area contributed by atoms with E-state index in [2.05, 4.69) is 15.5 Å². The highest BCUT2D eigenvalue weighted by atomic mass is 35.5. The molecule has 0 radical (unpaired) electrons. The molecule has 0 atom stereocenters. The molecule has 0 unspecified atom stereocenters. The van der Waals surface area contributed by atoms with Gasteiger partial charge in [0.05, 0.1) is 11.4 Å². The Morgan fingerprint density at radius 2 is 1.82 bits per heavy atom. The fraction of sp³-hybridized carbons (Fsp3) is 0.238. The highest BCUT2D eigenvalue weighted by Crippen LogP contribution is 2.33. The summed E-state index contributed by atoms with van der Waals surface area (Å²) in [7, 11) is 2.73. The zero-order valence-corrected chi connectivity index (χ0v) is 18.5. The Morgan fingerprint density at radius 3 is 2.42 bits per heavy atom. The Bertz CT molecular complexity index is 1390. The Kier molecular flexibility index (Phi) is 5.75. The fourth-order valence-electron chi connectivity index (χ4n) is 3.35. The van der Waals surface area contributed by atoms with E-state index in [-0.39, 0.29) is 12.3 Å². The summed E-state index contributed by atoms with van der Waals surface area (Å²) in [4.78, 5) is 12.3. The molecule has 0 spiro atoms. The topological polar surface area (TPSA) is 79.8 Å². The first-order valence-corrected chi connectivity index (χ1v) is 10.1. The molecule has 0 amide bonds. The zero-order chi connectivity index (χ0) is 23.9. The van der Waals surface area contributed by atoms with Crippen molar-refractivity contribution < 1.29 is 17.9 Å². The molecule has 0 N–H and O–H groups in total. The van der Waals surface area contributed by atoms with Crippen molar-refractivity contribution >= 4 is 11.6 Å². The van der Waals surface area contributed by atoms with Crippen LogP contribution in [0.4, 0.5) is 13.2 Å². The standard InChI is InChI=1S/C21H18ClF3N6O2/c1-12-9-13(16-10-19(21(23,24)25)29(2)26-16)7-8-18(12)33-11-14-15(22)5-4-6-17(14)31-20(32)30(3)27-28-31/h4-10H,11H2,1-3H3. The van der Waals surface area contributed by atoms with E-state index in [1.807, 2.05) is 0 Å². The summed E-state index contributed by atoms with van der Waals surface area (Å²) in [5, 5.41) is 11.9. The lowest BCUT2D eigenvalue weighted by atomic mass is 10.1. The number of rotatable bonds is 5. The van der Waals surface area contributed by atoms with Crippen molar-refractivity contribution in [3.05, 3.63) is 74.8 Å². The lowest BCUT2D eigenvalue weighted by Gasteiger charge is -2.14. The Hall–Kier alpha value is -3.60. The molecule has 0 fully saturated rings. The minimum absolute atomic E-state index is 0.0278. The van der Waals surface area contributed by atoms with Gasteiger partial charge < -0.3 is 4.74 Å². The predicted octanol–water partition coefficient (Wildman–Crippen LogP) is 3.93. The molecular formula is C21H18ClF3N6O2. The van der Waals surface area contributed by atoms with E-state index in [1.165, 1.54) is 14.1 Å². The van der Waals surface area contributed by atoms with Crippen LogP contribution in [-0.2, 0) is 26.9 Å². The van der Waals surface area contributed by atoms with Crippen LogP contribution >= 0.6 is 11.6 Å². The third-order valence-corrected chi connectivity index (χ3v) is 5.41. The largest absolute Gasteiger partial charge is 0.488 e. The van der Waals surface area contributed by atoms with Gasteiger partial charge in [0.25, 0.3) is 0 Å². The molecule has 12 heteroatoms. The molecule has 33 heavy (non-hydrogen) atoms. The lowest BCUT2D eigenvalue weighted by molar-refractivity contribution is -0.143. The first kappa shape index (κ1) is 22.6. The summed E-state index contributed by atoms with van der Waals surface area (Å²) >= 11 is 6.35. The van der Waals surface area contributed by atoms with Gasteiger partial charge >= 0.3 is 11.9 Å². The van der Waals surface area contributed by atoms with Crippen LogP contribution in [0, 0.1) is 6.92 Å². The van der Waals surface area contributed by atoms with Gasteiger partial charge in [-0.3, -0.25) is 4.68 Å². The van der Waals surface area contributed by atoms with Crippen LogP contribution in [-0.4, -0.2) is 29.6 Å². The molecule has 4 aromatic rings. The van der Waals surface area contributed by atoms with Gasteiger partial charge in [-0.2, -0.15) is 27.6 Å². The summed E-state index contributed by atoms with van der Waals surface area (Å²) < 4.78 is 48.2. The number of alkyl halides is 3. The van der Waals surface area contributed by atoms with Crippen LogP contribution in [0.5, 0.6) is 5.75 Å². The number of tetrazole rings is 1. The maximum absolute atomic E-state index is 13.1. The molecule has 8 nitrogen and oxygen atoms in total. The molecule has 0 bridgehead atoms. The average molecular weight is 479 g/mol. The van der Waals surface area contributed by atoms with Gasteiger partial charge in [-0.15, -0.1) is 0 Å².